The molecule has 0 saturated heterocycles. The van der Waals surface area contributed by atoms with Crippen LogP contribution in [-0.2, 0) is 0 Å². The molecule has 5 nitrogen and oxygen atoms in total. The number of hydrogen-bond acceptors (Lipinski definition) is 4. The van der Waals surface area contributed by atoms with Crippen molar-refractivity contribution in [3.63, 3.8) is 0 Å². The highest BCUT2D eigenvalue weighted by atomic mass is 16.5. The van der Waals surface area contributed by atoms with Crippen molar-refractivity contribution in [1.82, 2.24) is 4.98 Å². The van der Waals surface area contributed by atoms with Gasteiger partial charge in [-0.15, -0.1) is 0 Å². The summed E-state index contributed by atoms with van der Waals surface area (Å²) in [6, 6.07) is 11.6. The smallest absolute Gasteiger partial charge is 0.274 e. The van der Waals surface area contributed by atoms with E-state index in [-0.39, 0.29) is 12.0 Å². The topological polar surface area (TPSA) is 63.2 Å². The van der Waals surface area contributed by atoms with Gasteiger partial charge in [0.05, 0.1) is 23.7 Å². The summed E-state index contributed by atoms with van der Waals surface area (Å²) in [7, 11) is 0. The predicted octanol–water partition coefficient (Wildman–Crippen LogP) is 3.70. The van der Waals surface area contributed by atoms with Crippen molar-refractivity contribution in [2.24, 2.45) is 0 Å². The molecular weight excluding hydrogens is 290 g/mol. The molecule has 1 aliphatic carbocycles. The van der Waals surface area contributed by atoms with Crippen LogP contribution in [0.2, 0.25) is 0 Å². The molecule has 0 radical (unpaired) electrons. The second-order valence-electron chi connectivity index (χ2n) is 5.97. The normalized spacial score (nSPS) is 13.7. The Labute approximate surface area is 136 Å². The van der Waals surface area contributed by atoms with Gasteiger partial charge in [-0.2, -0.15) is 0 Å². The van der Waals surface area contributed by atoms with Crippen LogP contribution in [0.5, 0.6) is 5.75 Å². The molecule has 0 aliphatic heterocycles. The fourth-order valence-electron chi connectivity index (χ4n) is 2.19. The molecule has 2 aromatic rings. The van der Waals surface area contributed by atoms with Crippen molar-refractivity contribution >= 4 is 17.3 Å². The maximum absolute atomic E-state index is 12.3. The highest BCUT2D eigenvalue weighted by Crippen LogP contribution is 2.26. The largest absolute Gasteiger partial charge is 0.489 e. The van der Waals surface area contributed by atoms with Crippen LogP contribution in [0.4, 0.5) is 11.4 Å². The zero-order chi connectivity index (χ0) is 16.2. The average molecular weight is 311 g/mol. The summed E-state index contributed by atoms with van der Waals surface area (Å²) in [5, 5.41) is 6.21. The summed E-state index contributed by atoms with van der Waals surface area (Å²) in [5.41, 5.74) is 1.98. The van der Waals surface area contributed by atoms with Crippen LogP contribution >= 0.6 is 0 Å². The van der Waals surface area contributed by atoms with Gasteiger partial charge in [0, 0.05) is 6.04 Å². The highest BCUT2D eigenvalue weighted by Gasteiger charge is 2.21. The molecule has 23 heavy (non-hydrogen) atoms. The lowest BCUT2D eigenvalue weighted by Crippen LogP contribution is -2.15. The van der Waals surface area contributed by atoms with E-state index < -0.39 is 0 Å². The third-order valence-electron chi connectivity index (χ3n) is 3.44. The van der Waals surface area contributed by atoms with Gasteiger partial charge in [0.1, 0.15) is 11.4 Å². The van der Waals surface area contributed by atoms with E-state index in [1.165, 1.54) is 12.8 Å². The molecule has 2 N–H and O–H groups in total. The van der Waals surface area contributed by atoms with Crippen LogP contribution in [0, 0.1) is 0 Å². The molecule has 1 saturated carbocycles. The number of hydrogen-bond donors (Lipinski definition) is 2. The number of carbonyl (C=O) groups is 1. The number of nitrogens with zero attached hydrogens (tertiary/aromatic N) is 1. The lowest BCUT2D eigenvalue weighted by Gasteiger charge is -2.14. The molecule has 0 atom stereocenters. The first kappa shape index (κ1) is 15.3. The molecule has 1 heterocycles. The molecule has 0 spiro atoms. The van der Waals surface area contributed by atoms with E-state index in [9.17, 15) is 4.79 Å². The Morgan fingerprint density at radius 2 is 2.00 bits per heavy atom. The number of rotatable bonds is 6. The lowest BCUT2D eigenvalue weighted by atomic mass is 10.2. The number of pyridine rings is 1. The third-order valence-corrected chi connectivity index (χ3v) is 3.44. The van der Waals surface area contributed by atoms with Crippen LogP contribution in [0.25, 0.3) is 0 Å². The summed E-state index contributed by atoms with van der Waals surface area (Å²) in [6.45, 7) is 3.90. The lowest BCUT2D eigenvalue weighted by molar-refractivity contribution is 0.102. The Morgan fingerprint density at radius 1 is 1.22 bits per heavy atom. The molecule has 0 unspecified atom stereocenters. The predicted molar refractivity (Wildman–Crippen MR) is 91.0 cm³/mol. The van der Waals surface area contributed by atoms with Gasteiger partial charge >= 0.3 is 0 Å². The van der Waals surface area contributed by atoms with Gasteiger partial charge < -0.3 is 15.4 Å². The first-order chi connectivity index (χ1) is 11.1. The Hall–Kier alpha value is -2.56. The average Bonchev–Trinajstić information content (AvgIpc) is 3.33. The minimum absolute atomic E-state index is 0.0407. The highest BCUT2D eigenvalue weighted by molar-refractivity contribution is 6.03. The van der Waals surface area contributed by atoms with Crippen molar-refractivity contribution < 1.29 is 9.53 Å². The Kier molecular flexibility index (Phi) is 4.46. The number of amides is 1. The molecule has 1 fully saturated rings. The number of aromatic nitrogens is 1. The van der Waals surface area contributed by atoms with E-state index in [0.717, 1.165) is 5.69 Å². The minimum Gasteiger partial charge on any atom is -0.489 e. The third kappa shape index (κ3) is 4.22. The van der Waals surface area contributed by atoms with Crippen LogP contribution in [0.15, 0.2) is 42.6 Å². The molecule has 1 aromatic heterocycles. The van der Waals surface area contributed by atoms with Crippen molar-refractivity contribution in [3.8, 4) is 5.75 Å². The van der Waals surface area contributed by atoms with Crippen molar-refractivity contribution in [2.75, 3.05) is 10.6 Å². The van der Waals surface area contributed by atoms with Gasteiger partial charge in [0.15, 0.2) is 0 Å². The van der Waals surface area contributed by atoms with Gasteiger partial charge in [-0.25, -0.2) is 4.98 Å². The van der Waals surface area contributed by atoms with E-state index in [4.69, 9.17) is 4.74 Å². The fourth-order valence-corrected chi connectivity index (χ4v) is 2.19. The summed E-state index contributed by atoms with van der Waals surface area (Å²) in [5.74, 6) is 0.408. The Balaban J connectivity index is 1.68. The van der Waals surface area contributed by atoms with Crippen LogP contribution < -0.4 is 15.4 Å². The first-order valence-electron chi connectivity index (χ1n) is 7.91. The SMILES string of the molecule is CC(C)Oc1ccccc1NC(=O)c1ccc(NC2CC2)cn1. The number of para-hydroxylation sites is 2. The number of nitrogens with one attached hydrogen (secondary N) is 2. The van der Waals surface area contributed by atoms with Crippen LogP contribution in [0.1, 0.15) is 37.2 Å². The second-order valence-corrected chi connectivity index (χ2v) is 5.97. The maximum atomic E-state index is 12.3. The van der Waals surface area contributed by atoms with Gasteiger partial charge in [-0.05, 0) is 51.0 Å². The standard InChI is InChI=1S/C18H21N3O2/c1-12(2)23-17-6-4-3-5-15(17)21-18(22)16-10-9-14(11-19-16)20-13-7-8-13/h3-6,9-13,20H,7-8H2,1-2H3,(H,21,22). The Morgan fingerprint density at radius 3 is 2.65 bits per heavy atom. The number of anilines is 2. The summed E-state index contributed by atoms with van der Waals surface area (Å²) in [4.78, 5) is 16.6. The van der Waals surface area contributed by atoms with Gasteiger partial charge in [-0.1, -0.05) is 12.1 Å². The zero-order valence-electron chi connectivity index (χ0n) is 13.4. The van der Waals surface area contributed by atoms with Crippen molar-refractivity contribution in [2.45, 2.75) is 38.8 Å². The van der Waals surface area contributed by atoms with E-state index in [1.807, 2.05) is 44.2 Å². The van der Waals surface area contributed by atoms with Crippen molar-refractivity contribution in [3.05, 3.63) is 48.3 Å². The molecular formula is C18H21N3O2. The molecule has 120 valence electrons. The van der Waals surface area contributed by atoms with E-state index in [2.05, 4.69) is 15.6 Å². The van der Waals surface area contributed by atoms with E-state index >= 15 is 0 Å². The first-order valence-corrected chi connectivity index (χ1v) is 7.91. The van der Waals surface area contributed by atoms with Crippen molar-refractivity contribution in [1.29, 1.82) is 0 Å². The molecule has 5 heteroatoms. The summed E-state index contributed by atoms with van der Waals surface area (Å²) in [6.07, 6.45) is 4.15. The number of carbonyl (C=O) groups excluding carboxylic acids is 1. The van der Waals surface area contributed by atoms with Crippen LogP contribution in [0.3, 0.4) is 0 Å². The summed E-state index contributed by atoms with van der Waals surface area (Å²) >= 11 is 0. The van der Waals surface area contributed by atoms with Gasteiger partial charge in [-0.3, -0.25) is 4.79 Å². The van der Waals surface area contributed by atoms with E-state index in [0.29, 0.717) is 23.2 Å². The molecule has 1 amide bonds. The minimum atomic E-state index is -0.247. The quantitative estimate of drug-likeness (QED) is 0.854. The Bertz CT molecular complexity index is 679. The van der Waals surface area contributed by atoms with Gasteiger partial charge in [0.2, 0.25) is 0 Å². The molecule has 0 bridgehead atoms. The molecule has 3 rings (SSSR count). The second kappa shape index (κ2) is 6.69. The van der Waals surface area contributed by atoms with Crippen LogP contribution in [-0.4, -0.2) is 23.0 Å². The molecule has 1 aromatic carbocycles. The summed E-state index contributed by atoms with van der Waals surface area (Å²) < 4.78 is 5.71. The number of ether oxygens (including phenoxy) is 1. The van der Waals surface area contributed by atoms with E-state index in [1.54, 1.807) is 12.3 Å². The molecule has 1 aliphatic rings. The maximum Gasteiger partial charge on any atom is 0.274 e. The monoisotopic (exact) mass is 311 g/mol. The fraction of sp³-hybridized carbons (Fsp3) is 0.333. The number of benzene rings is 1. The zero-order valence-corrected chi connectivity index (χ0v) is 13.4. The van der Waals surface area contributed by atoms with Gasteiger partial charge in [0.25, 0.3) is 5.91 Å².